The van der Waals surface area contributed by atoms with Crippen LogP contribution in [-0.4, -0.2) is 11.5 Å². The molecule has 0 saturated heterocycles. The Morgan fingerprint density at radius 1 is 1.28 bits per heavy atom. The molecule has 0 spiro atoms. The highest BCUT2D eigenvalue weighted by molar-refractivity contribution is 5.63. The molecule has 0 bridgehead atoms. The fourth-order valence-electron chi connectivity index (χ4n) is 1.72. The van der Waals surface area contributed by atoms with Crippen molar-refractivity contribution in [1.82, 2.24) is 4.98 Å². The van der Waals surface area contributed by atoms with Crippen LogP contribution in [0, 0.1) is 5.41 Å². The van der Waals surface area contributed by atoms with Gasteiger partial charge in [0, 0.05) is 17.8 Å². The third kappa shape index (κ3) is 3.62. The van der Waals surface area contributed by atoms with Crippen molar-refractivity contribution in [2.75, 3.05) is 11.9 Å². The van der Waals surface area contributed by atoms with Gasteiger partial charge in [0.15, 0.2) is 12.2 Å². The molecule has 0 amide bonds. The molecule has 3 heteroatoms. The van der Waals surface area contributed by atoms with Crippen molar-refractivity contribution in [1.29, 1.82) is 0 Å². The average molecular weight is 244 g/mol. The van der Waals surface area contributed by atoms with E-state index in [2.05, 4.69) is 43.2 Å². The van der Waals surface area contributed by atoms with Crippen molar-refractivity contribution < 1.29 is 4.42 Å². The van der Waals surface area contributed by atoms with E-state index in [0.717, 1.165) is 30.0 Å². The van der Waals surface area contributed by atoms with Crippen molar-refractivity contribution >= 4 is 5.69 Å². The molecule has 0 aliphatic rings. The summed E-state index contributed by atoms with van der Waals surface area (Å²) in [6, 6.07) is 8.21. The second kappa shape index (κ2) is 5.25. The molecule has 1 N–H and O–H groups in total. The molecule has 0 saturated carbocycles. The number of hydrogen-bond donors (Lipinski definition) is 1. The third-order valence-electron chi connectivity index (χ3n) is 2.78. The van der Waals surface area contributed by atoms with Gasteiger partial charge >= 0.3 is 0 Å². The Balaban J connectivity index is 2.00. The van der Waals surface area contributed by atoms with Crippen molar-refractivity contribution in [3.8, 4) is 11.3 Å². The van der Waals surface area contributed by atoms with Gasteiger partial charge < -0.3 is 9.73 Å². The monoisotopic (exact) mass is 244 g/mol. The molecule has 0 fully saturated rings. The second-order valence-corrected chi connectivity index (χ2v) is 5.68. The van der Waals surface area contributed by atoms with Gasteiger partial charge in [-0.1, -0.05) is 32.9 Å². The van der Waals surface area contributed by atoms with Crippen LogP contribution in [0.25, 0.3) is 11.3 Å². The third-order valence-corrected chi connectivity index (χ3v) is 2.78. The molecule has 2 rings (SSSR count). The average Bonchev–Trinajstić information content (AvgIpc) is 2.81. The van der Waals surface area contributed by atoms with Gasteiger partial charge in [-0.15, -0.1) is 0 Å². The lowest BCUT2D eigenvalue weighted by atomic mass is 9.92. The van der Waals surface area contributed by atoms with E-state index in [0.29, 0.717) is 5.41 Å². The van der Waals surface area contributed by atoms with Gasteiger partial charge in [0.05, 0.1) is 6.20 Å². The van der Waals surface area contributed by atoms with Crippen LogP contribution in [0.3, 0.4) is 0 Å². The summed E-state index contributed by atoms with van der Waals surface area (Å²) in [5, 5.41) is 3.44. The largest absolute Gasteiger partial charge is 0.444 e. The summed E-state index contributed by atoms with van der Waals surface area (Å²) < 4.78 is 5.29. The van der Waals surface area contributed by atoms with Gasteiger partial charge in [-0.05, 0) is 24.0 Å². The first-order valence-corrected chi connectivity index (χ1v) is 6.27. The predicted molar refractivity (Wildman–Crippen MR) is 74.5 cm³/mol. The topological polar surface area (TPSA) is 38.1 Å². The molecular formula is C15H20N2O. The zero-order valence-corrected chi connectivity index (χ0v) is 11.2. The summed E-state index contributed by atoms with van der Waals surface area (Å²) in [4.78, 5) is 3.94. The van der Waals surface area contributed by atoms with Gasteiger partial charge in [-0.2, -0.15) is 0 Å². The number of oxazole rings is 1. The van der Waals surface area contributed by atoms with Crippen LogP contribution < -0.4 is 5.32 Å². The van der Waals surface area contributed by atoms with Crippen LogP contribution in [0.2, 0.25) is 0 Å². The van der Waals surface area contributed by atoms with Crippen molar-refractivity contribution in [3.05, 3.63) is 36.9 Å². The van der Waals surface area contributed by atoms with E-state index in [1.165, 1.54) is 6.39 Å². The summed E-state index contributed by atoms with van der Waals surface area (Å²) >= 11 is 0. The first-order valence-electron chi connectivity index (χ1n) is 6.27. The van der Waals surface area contributed by atoms with Gasteiger partial charge in [0.2, 0.25) is 0 Å². The number of hydrogen-bond acceptors (Lipinski definition) is 3. The lowest BCUT2D eigenvalue weighted by molar-refractivity contribution is 0.390. The molecule has 0 unspecified atom stereocenters. The van der Waals surface area contributed by atoms with Gasteiger partial charge in [-0.3, -0.25) is 0 Å². The molecule has 1 aromatic heterocycles. The molecule has 1 heterocycles. The minimum atomic E-state index is 0.357. The van der Waals surface area contributed by atoms with Crippen LogP contribution in [0.5, 0.6) is 0 Å². The highest BCUT2D eigenvalue weighted by Gasteiger charge is 2.09. The molecule has 3 nitrogen and oxygen atoms in total. The fraction of sp³-hybridized carbons (Fsp3) is 0.400. The fourth-order valence-corrected chi connectivity index (χ4v) is 1.72. The van der Waals surface area contributed by atoms with Crippen LogP contribution in [0.1, 0.15) is 27.2 Å². The smallest absolute Gasteiger partial charge is 0.181 e. The lowest BCUT2D eigenvalue weighted by Gasteiger charge is -2.18. The summed E-state index contributed by atoms with van der Waals surface area (Å²) in [5.41, 5.74) is 2.52. The first-order chi connectivity index (χ1) is 8.54. The Morgan fingerprint density at radius 2 is 2.11 bits per heavy atom. The van der Waals surface area contributed by atoms with Crippen molar-refractivity contribution in [2.45, 2.75) is 27.2 Å². The Kier molecular flexibility index (Phi) is 3.70. The molecule has 0 radical (unpaired) electrons. The van der Waals surface area contributed by atoms with E-state index in [4.69, 9.17) is 4.42 Å². The van der Waals surface area contributed by atoms with Crippen LogP contribution in [0.15, 0.2) is 41.3 Å². The highest BCUT2D eigenvalue weighted by atomic mass is 16.3. The number of benzene rings is 1. The van der Waals surface area contributed by atoms with Crippen molar-refractivity contribution in [3.63, 3.8) is 0 Å². The molecule has 96 valence electrons. The van der Waals surface area contributed by atoms with E-state index in [9.17, 15) is 0 Å². The Bertz CT molecular complexity index is 483. The lowest BCUT2D eigenvalue weighted by Crippen LogP contribution is -2.12. The zero-order chi connectivity index (χ0) is 13.0. The van der Waals surface area contributed by atoms with Crippen LogP contribution in [-0.2, 0) is 0 Å². The Hall–Kier alpha value is -1.77. The quantitative estimate of drug-likeness (QED) is 0.876. The number of nitrogens with zero attached hydrogens (tertiary/aromatic N) is 1. The van der Waals surface area contributed by atoms with Crippen LogP contribution >= 0.6 is 0 Å². The van der Waals surface area contributed by atoms with E-state index in [1.54, 1.807) is 6.20 Å². The van der Waals surface area contributed by atoms with Gasteiger partial charge in [0.25, 0.3) is 0 Å². The molecule has 2 aromatic rings. The Morgan fingerprint density at radius 3 is 2.78 bits per heavy atom. The minimum absolute atomic E-state index is 0.357. The van der Waals surface area contributed by atoms with E-state index in [1.807, 2.05) is 12.1 Å². The van der Waals surface area contributed by atoms with Crippen LogP contribution in [0.4, 0.5) is 5.69 Å². The summed E-state index contributed by atoms with van der Waals surface area (Å²) in [7, 11) is 0. The molecule has 0 aliphatic heterocycles. The second-order valence-electron chi connectivity index (χ2n) is 5.68. The Labute approximate surface area is 108 Å². The zero-order valence-electron chi connectivity index (χ0n) is 11.2. The van der Waals surface area contributed by atoms with E-state index < -0.39 is 0 Å². The minimum Gasteiger partial charge on any atom is -0.444 e. The standard InChI is InChI=1S/C15H20N2O/c1-15(2,3)7-8-17-13-6-4-5-12(9-13)14-10-16-11-18-14/h4-6,9-11,17H,7-8H2,1-3H3. The van der Waals surface area contributed by atoms with E-state index >= 15 is 0 Å². The maximum Gasteiger partial charge on any atom is 0.181 e. The first kappa shape index (κ1) is 12.7. The number of aromatic nitrogens is 1. The molecule has 0 atom stereocenters. The van der Waals surface area contributed by atoms with Gasteiger partial charge in [0.1, 0.15) is 0 Å². The maximum absolute atomic E-state index is 5.29. The van der Waals surface area contributed by atoms with E-state index in [-0.39, 0.29) is 0 Å². The molecule has 18 heavy (non-hydrogen) atoms. The summed E-state index contributed by atoms with van der Waals surface area (Å²) in [6.45, 7) is 7.72. The van der Waals surface area contributed by atoms with Gasteiger partial charge in [-0.25, -0.2) is 4.98 Å². The maximum atomic E-state index is 5.29. The predicted octanol–water partition coefficient (Wildman–Crippen LogP) is 4.19. The highest BCUT2D eigenvalue weighted by Crippen LogP contribution is 2.23. The number of anilines is 1. The molecular weight excluding hydrogens is 224 g/mol. The normalized spacial score (nSPS) is 11.5. The number of nitrogens with one attached hydrogen (secondary N) is 1. The summed E-state index contributed by atoms with van der Waals surface area (Å²) in [6.07, 6.45) is 4.32. The molecule has 0 aliphatic carbocycles. The summed E-state index contributed by atoms with van der Waals surface area (Å²) in [5.74, 6) is 0.800. The SMILES string of the molecule is CC(C)(C)CCNc1cccc(-c2cnco2)c1. The van der Waals surface area contributed by atoms with Crippen molar-refractivity contribution in [2.24, 2.45) is 5.41 Å². The molecule has 1 aromatic carbocycles. The number of rotatable bonds is 4.